The van der Waals surface area contributed by atoms with Crippen molar-refractivity contribution in [1.29, 1.82) is 0 Å². The second-order valence-electron chi connectivity index (χ2n) is 3.56. The van der Waals surface area contributed by atoms with Crippen LogP contribution in [-0.2, 0) is 4.79 Å². The molecule has 5 nitrogen and oxygen atoms in total. The topological polar surface area (TPSA) is 78.4 Å². The van der Waals surface area contributed by atoms with Gasteiger partial charge in [-0.15, -0.1) is 0 Å². The number of hydrogen-bond donors (Lipinski definition) is 3. The molecule has 2 amide bonds. The van der Waals surface area contributed by atoms with E-state index in [2.05, 4.69) is 10.6 Å². The van der Waals surface area contributed by atoms with Crippen molar-refractivity contribution < 1.29 is 19.1 Å². The lowest BCUT2D eigenvalue weighted by Gasteiger charge is -2.13. The Bertz CT molecular complexity index is 447. The third kappa shape index (κ3) is 4.21. The Kier molecular flexibility index (Phi) is 4.91. The van der Waals surface area contributed by atoms with Crippen LogP contribution in [0.15, 0.2) is 18.2 Å². The van der Waals surface area contributed by atoms with Crippen LogP contribution in [-0.4, -0.2) is 23.1 Å². The molecule has 1 atom stereocenters. The molecular formula is C11H12ClFN2O3. The highest BCUT2D eigenvalue weighted by atomic mass is 35.5. The number of halogens is 2. The fraction of sp³-hybridized carbons (Fsp3) is 0.273. The first-order valence-electron chi connectivity index (χ1n) is 5.18. The predicted molar refractivity (Wildman–Crippen MR) is 65.3 cm³/mol. The third-order valence-electron chi connectivity index (χ3n) is 2.13. The predicted octanol–water partition coefficient (Wildman–Crippen LogP) is 2.46. The molecule has 0 aromatic heterocycles. The van der Waals surface area contributed by atoms with Gasteiger partial charge in [0.25, 0.3) is 0 Å². The number of amides is 2. The first-order valence-corrected chi connectivity index (χ1v) is 5.56. The van der Waals surface area contributed by atoms with Crippen molar-refractivity contribution in [2.75, 3.05) is 5.32 Å². The number of nitrogens with one attached hydrogen (secondary N) is 2. The largest absolute Gasteiger partial charge is 0.480 e. The molecule has 0 radical (unpaired) electrons. The Labute approximate surface area is 108 Å². The van der Waals surface area contributed by atoms with E-state index in [9.17, 15) is 14.0 Å². The molecule has 0 aliphatic rings. The molecule has 3 N–H and O–H groups in total. The fourth-order valence-electron chi connectivity index (χ4n) is 1.29. The number of carboxylic acids is 1. The first-order chi connectivity index (χ1) is 8.42. The second kappa shape index (κ2) is 6.20. The van der Waals surface area contributed by atoms with E-state index in [0.717, 1.165) is 12.1 Å². The number of carbonyl (C=O) groups is 2. The average Bonchev–Trinajstić information content (AvgIpc) is 2.23. The fourth-order valence-corrected chi connectivity index (χ4v) is 1.51. The summed E-state index contributed by atoms with van der Waals surface area (Å²) in [5.41, 5.74) is 0.151. The molecule has 7 heteroatoms. The van der Waals surface area contributed by atoms with Gasteiger partial charge in [-0.3, -0.25) is 0 Å². The van der Waals surface area contributed by atoms with Crippen LogP contribution in [0, 0.1) is 5.82 Å². The molecule has 0 aliphatic carbocycles. The summed E-state index contributed by atoms with van der Waals surface area (Å²) < 4.78 is 13.0. The minimum absolute atomic E-state index is 0.135. The maximum Gasteiger partial charge on any atom is 0.326 e. The van der Waals surface area contributed by atoms with Crippen LogP contribution in [0.5, 0.6) is 0 Å². The van der Waals surface area contributed by atoms with Crippen molar-refractivity contribution in [3.63, 3.8) is 0 Å². The van der Waals surface area contributed by atoms with Crippen LogP contribution < -0.4 is 10.6 Å². The van der Waals surface area contributed by atoms with Gasteiger partial charge in [-0.2, -0.15) is 0 Å². The lowest BCUT2D eigenvalue weighted by Crippen LogP contribution is -2.42. The Hall–Kier alpha value is -1.82. The van der Waals surface area contributed by atoms with E-state index in [1.54, 1.807) is 6.92 Å². The minimum atomic E-state index is -1.13. The highest BCUT2D eigenvalue weighted by Crippen LogP contribution is 2.17. The number of anilines is 1. The van der Waals surface area contributed by atoms with Gasteiger partial charge in [0.2, 0.25) is 0 Å². The summed E-state index contributed by atoms with van der Waals surface area (Å²) in [4.78, 5) is 22.2. The molecule has 0 spiro atoms. The highest BCUT2D eigenvalue weighted by molar-refractivity contribution is 6.30. The van der Waals surface area contributed by atoms with E-state index < -0.39 is 23.9 Å². The molecule has 0 bridgehead atoms. The van der Waals surface area contributed by atoms with Crippen LogP contribution in [0.1, 0.15) is 13.3 Å². The standard InChI is InChI=1S/C11H12ClFN2O3/c1-2-9(10(16)17)15-11(18)14-8-4-6(12)3-7(13)5-8/h3-5,9H,2H2,1H3,(H,16,17)(H2,14,15,18). The quantitative estimate of drug-likeness (QED) is 0.789. The number of carboxylic acid groups (broad SMARTS) is 1. The Morgan fingerprint density at radius 3 is 2.61 bits per heavy atom. The van der Waals surface area contributed by atoms with Crippen molar-refractivity contribution >= 4 is 29.3 Å². The van der Waals surface area contributed by atoms with Crippen LogP contribution in [0.2, 0.25) is 5.02 Å². The van der Waals surface area contributed by atoms with E-state index in [4.69, 9.17) is 16.7 Å². The summed E-state index contributed by atoms with van der Waals surface area (Å²) in [6.45, 7) is 1.62. The zero-order valence-electron chi connectivity index (χ0n) is 9.54. The average molecular weight is 275 g/mol. The maximum atomic E-state index is 13.0. The number of hydrogen-bond acceptors (Lipinski definition) is 2. The van der Waals surface area contributed by atoms with Gasteiger partial charge < -0.3 is 15.7 Å². The van der Waals surface area contributed by atoms with E-state index in [0.29, 0.717) is 0 Å². The molecule has 18 heavy (non-hydrogen) atoms. The molecule has 0 aliphatic heterocycles. The van der Waals surface area contributed by atoms with Crippen LogP contribution in [0.25, 0.3) is 0 Å². The van der Waals surface area contributed by atoms with Gasteiger partial charge in [-0.05, 0) is 24.6 Å². The number of rotatable bonds is 4. The smallest absolute Gasteiger partial charge is 0.326 e. The third-order valence-corrected chi connectivity index (χ3v) is 2.35. The number of carbonyl (C=O) groups excluding carboxylic acids is 1. The minimum Gasteiger partial charge on any atom is -0.480 e. The van der Waals surface area contributed by atoms with E-state index in [1.165, 1.54) is 6.07 Å². The Morgan fingerprint density at radius 1 is 1.44 bits per heavy atom. The van der Waals surface area contributed by atoms with Gasteiger partial charge >= 0.3 is 12.0 Å². The zero-order chi connectivity index (χ0) is 13.7. The Balaban J connectivity index is 2.67. The van der Waals surface area contributed by atoms with Gasteiger partial charge in [0, 0.05) is 10.7 Å². The van der Waals surface area contributed by atoms with Crippen molar-refractivity contribution in [1.82, 2.24) is 5.32 Å². The summed E-state index contributed by atoms with van der Waals surface area (Å²) >= 11 is 5.61. The van der Waals surface area contributed by atoms with Crippen LogP contribution in [0.4, 0.5) is 14.9 Å². The van der Waals surface area contributed by atoms with Crippen molar-refractivity contribution in [2.45, 2.75) is 19.4 Å². The van der Waals surface area contributed by atoms with E-state index >= 15 is 0 Å². The van der Waals surface area contributed by atoms with Crippen molar-refractivity contribution in [3.05, 3.63) is 29.0 Å². The summed E-state index contributed by atoms with van der Waals surface area (Å²) in [5.74, 6) is -1.73. The van der Waals surface area contributed by atoms with Gasteiger partial charge in [-0.1, -0.05) is 18.5 Å². The zero-order valence-corrected chi connectivity index (χ0v) is 10.3. The second-order valence-corrected chi connectivity index (χ2v) is 3.99. The molecule has 1 aromatic rings. The molecule has 98 valence electrons. The molecule has 0 saturated carbocycles. The summed E-state index contributed by atoms with van der Waals surface area (Å²) in [6.07, 6.45) is 0.243. The van der Waals surface area contributed by atoms with Gasteiger partial charge in [0.1, 0.15) is 11.9 Å². The van der Waals surface area contributed by atoms with E-state index in [-0.39, 0.29) is 17.1 Å². The Morgan fingerprint density at radius 2 is 2.11 bits per heavy atom. The van der Waals surface area contributed by atoms with E-state index in [1.807, 2.05) is 0 Å². The summed E-state index contributed by atoms with van der Waals surface area (Å²) in [5, 5.41) is 13.4. The molecule has 0 heterocycles. The number of aliphatic carboxylic acids is 1. The monoisotopic (exact) mass is 274 g/mol. The van der Waals surface area contributed by atoms with Crippen LogP contribution >= 0.6 is 11.6 Å². The number of urea groups is 1. The van der Waals surface area contributed by atoms with Gasteiger partial charge in [0.15, 0.2) is 0 Å². The number of benzene rings is 1. The summed E-state index contributed by atoms with van der Waals surface area (Å²) in [7, 11) is 0. The highest BCUT2D eigenvalue weighted by Gasteiger charge is 2.17. The molecule has 1 unspecified atom stereocenters. The SMILES string of the molecule is CCC(NC(=O)Nc1cc(F)cc(Cl)c1)C(=O)O. The maximum absolute atomic E-state index is 13.0. The normalized spacial score (nSPS) is 11.7. The molecule has 0 fully saturated rings. The molecule has 1 rings (SSSR count). The van der Waals surface area contributed by atoms with Crippen LogP contribution in [0.3, 0.4) is 0 Å². The van der Waals surface area contributed by atoms with Gasteiger partial charge in [0.05, 0.1) is 0 Å². The first kappa shape index (κ1) is 14.2. The molecule has 1 aromatic carbocycles. The lowest BCUT2D eigenvalue weighted by molar-refractivity contribution is -0.139. The molecule has 0 saturated heterocycles. The van der Waals surface area contributed by atoms with Gasteiger partial charge in [-0.25, -0.2) is 14.0 Å². The summed E-state index contributed by atoms with van der Waals surface area (Å²) in [6, 6.07) is 1.80. The van der Waals surface area contributed by atoms with Crippen molar-refractivity contribution in [3.8, 4) is 0 Å². The van der Waals surface area contributed by atoms with Crippen molar-refractivity contribution in [2.24, 2.45) is 0 Å². The lowest BCUT2D eigenvalue weighted by atomic mass is 10.2. The molecular weight excluding hydrogens is 263 g/mol.